The molecule has 0 aromatic heterocycles. The van der Waals surface area contributed by atoms with Crippen LogP contribution in [0.1, 0.15) is 24.8 Å². The molecule has 0 bridgehead atoms. The zero-order valence-electron chi connectivity index (χ0n) is 11.4. The summed E-state index contributed by atoms with van der Waals surface area (Å²) in [6.45, 7) is 2.08. The third kappa shape index (κ3) is 5.01. The average molecular weight is 277 g/mol. The number of hydrogen-bond acceptors (Lipinski definition) is 5. The molecule has 0 radical (unpaired) electrons. The van der Waals surface area contributed by atoms with Crippen molar-refractivity contribution in [1.29, 1.82) is 0 Å². The molecule has 0 N–H and O–H groups in total. The van der Waals surface area contributed by atoms with Gasteiger partial charge in [-0.2, -0.15) is 0 Å². The number of rotatable bonds is 9. The smallest absolute Gasteiger partial charge is 0.293 e. The first-order chi connectivity index (χ1) is 9.88. The maximum atomic E-state index is 10.0. The highest BCUT2D eigenvalue weighted by atomic mass is 16.6. The Labute approximate surface area is 118 Å². The van der Waals surface area contributed by atoms with Crippen molar-refractivity contribution in [1.82, 2.24) is 0 Å². The van der Waals surface area contributed by atoms with E-state index in [9.17, 15) is 4.79 Å². The first kappa shape index (κ1) is 14.5. The van der Waals surface area contributed by atoms with Gasteiger partial charge in [-0.3, -0.25) is 4.79 Å². The summed E-state index contributed by atoms with van der Waals surface area (Å²) < 4.78 is 10.3. The van der Waals surface area contributed by atoms with E-state index in [0.29, 0.717) is 32.7 Å². The molecule has 0 amide bonds. The van der Waals surface area contributed by atoms with Crippen molar-refractivity contribution in [2.45, 2.75) is 32.0 Å². The molecule has 1 atom stereocenters. The van der Waals surface area contributed by atoms with Crippen LogP contribution in [0.15, 0.2) is 35.5 Å². The van der Waals surface area contributed by atoms with Gasteiger partial charge in [0.2, 0.25) is 0 Å². The summed E-state index contributed by atoms with van der Waals surface area (Å²) >= 11 is 0. The second kappa shape index (κ2) is 8.32. The molecule has 0 fully saturated rings. The second-order valence-electron chi connectivity index (χ2n) is 4.63. The number of carbonyl (C=O) groups excluding carboxylic acids is 1. The summed E-state index contributed by atoms with van der Waals surface area (Å²) in [4.78, 5) is 15.3. The van der Waals surface area contributed by atoms with Gasteiger partial charge in [0.15, 0.2) is 0 Å². The Hall–Kier alpha value is -1.88. The number of hydrogen-bond donors (Lipinski definition) is 0. The molecule has 0 aliphatic carbocycles. The molecule has 1 unspecified atom stereocenters. The summed E-state index contributed by atoms with van der Waals surface area (Å²) in [5.41, 5.74) is 2.11. The van der Waals surface area contributed by atoms with Gasteiger partial charge in [-0.15, -0.1) is 0 Å². The van der Waals surface area contributed by atoms with Gasteiger partial charge >= 0.3 is 0 Å². The molecule has 5 nitrogen and oxygen atoms in total. The van der Waals surface area contributed by atoms with E-state index in [1.807, 2.05) is 30.3 Å². The number of carbonyl (C=O) groups is 1. The minimum Gasteiger partial charge on any atom is -0.467 e. The first-order valence-electron chi connectivity index (χ1n) is 6.77. The van der Waals surface area contributed by atoms with Crippen LogP contribution in [0.3, 0.4) is 0 Å². The van der Waals surface area contributed by atoms with Crippen LogP contribution in [0.4, 0.5) is 0 Å². The predicted octanol–water partition coefficient (Wildman–Crippen LogP) is 2.30. The average Bonchev–Trinajstić information content (AvgIpc) is 2.93. The topological polar surface area (TPSA) is 57.1 Å². The van der Waals surface area contributed by atoms with Gasteiger partial charge in [0.25, 0.3) is 6.47 Å². The molecule has 0 saturated heterocycles. The number of nitrogens with zero attached hydrogens (tertiary/aromatic N) is 1. The second-order valence-corrected chi connectivity index (χ2v) is 4.63. The molecule has 1 aliphatic rings. The van der Waals surface area contributed by atoms with Gasteiger partial charge < -0.3 is 14.3 Å². The minimum absolute atomic E-state index is 0.0806. The Balaban J connectivity index is 1.54. The monoisotopic (exact) mass is 277 g/mol. The van der Waals surface area contributed by atoms with Crippen molar-refractivity contribution in [3.63, 3.8) is 0 Å². The summed E-state index contributed by atoms with van der Waals surface area (Å²) in [5, 5.41) is 3.99. The van der Waals surface area contributed by atoms with E-state index < -0.39 is 0 Å². The van der Waals surface area contributed by atoms with Crippen LogP contribution in [0.2, 0.25) is 0 Å². The fraction of sp³-hybridized carbons (Fsp3) is 0.467. The molecular weight excluding hydrogens is 258 g/mol. The SMILES string of the molecule is O=COCCC1=NOC(CCOCc2ccccc2)C1. The molecule has 20 heavy (non-hydrogen) atoms. The van der Waals surface area contributed by atoms with Crippen LogP contribution in [0.5, 0.6) is 0 Å². The highest BCUT2D eigenvalue weighted by molar-refractivity contribution is 5.85. The lowest BCUT2D eigenvalue weighted by Gasteiger charge is -2.08. The van der Waals surface area contributed by atoms with Gasteiger partial charge in [-0.1, -0.05) is 35.5 Å². The summed E-state index contributed by atoms with van der Waals surface area (Å²) in [6, 6.07) is 10.1. The zero-order chi connectivity index (χ0) is 14.0. The fourth-order valence-electron chi connectivity index (χ4n) is 1.99. The summed E-state index contributed by atoms with van der Waals surface area (Å²) in [5.74, 6) is 0. The Kier molecular flexibility index (Phi) is 6.05. The maximum Gasteiger partial charge on any atom is 0.293 e. The van der Waals surface area contributed by atoms with E-state index in [1.165, 1.54) is 5.56 Å². The molecule has 1 aromatic rings. The Bertz CT molecular complexity index is 433. The fourth-order valence-corrected chi connectivity index (χ4v) is 1.99. The maximum absolute atomic E-state index is 10.0. The molecule has 2 rings (SSSR count). The molecule has 1 aromatic carbocycles. The molecule has 108 valence electrons. The molecule has 0 spiro atoms. The Morgan fingerprint density at radius 3 is 2.95 bits per heavy atom. The molecule has 5 heteroatoms. The molecule has 0 saturated carbocycles. The minimum atomic E-state index is 0.0806. The van der Waals surface area contributed by atoms with Crippen molar-refractivity contribution in [3.05, 3.63) is 35.9 Å². The van der Waals surface area contributed by atoms with Crippen molar-refractivity contribution in [2.75, 3.05) is 13.2 Å². The van der Waals surface area contributed by atoms with Gasteiger partial charge in [0.1, 0.15) is 6.10 Å². The van der Waals surface area contributed by atoms with Crippen molar-refractivity contribution >= 4 is 12.2 Å². The van der Waals surface area contributed by atoms with Crippen molar-refractivity contribution in [2.24, 2.45) is 5.16 Å². The van der Waals surface area contributed by atoms with Crippen LogP contribution in [0, 0.1) is 0 Å². The van der Waals surface area contributed by atoms with Crippen LogP contribution >= 0.6 is 0 Å². The highest BCUT2D eigenvalue weighted by Crippen LogP contribution is 2.16. The number of benzene rings is 1. The van der Waals surface area contributed by atoms with Crippen LogP contribution < -0.4 is 0 Å². The third-order valence-corrected chi connectivity index (χ3v) is 3.07. The lowest BCUT2D eigenvalue weighted by molar-refractivity contribution is -0.128. The highest BCUT2D eigenvalue weighted by Gasteiger charge is 2.20. The normalized spacial score (nSPS) is 17.4. The lowest BCUT2D eigenvalue weighted by Crippen LogP contribution is -2.12. The molecule has 1 aliphatic heterocycles. The quantitative estimate of drug-likeness (QED) is 0.513. The predicted molar refractivity (Wildman–Crippen MR) is 74.3 cm³/mol. The van der Waals surface area contributed by atoms with E-state index >= 15 is 0 Å². The Morgan fingerprint density at radius 1 is 1.30 bits per heavy atom. The van der Waals surface area contributed by atoms with Crippen LogP contribution in [0.25, 0.3) is 0 Å². The van der Waals surface area contributed by atoms with Gasteiger partial charge in [0.05, 0.1) is 25.5 Å². The van der Waals surface area contributed by atoms with Crippen molar-refractivity contribution < 1.29 is 19.1 Å². The van der Waals surface area contributed by atoms with E-state index in [0.717, 1.165) is 18.6 Å². The zero-order valence-corrected chi connectivity index (χ0v) is 11.4. The van der Waals surface area contributed by atoms with Gasteiger partial charge in [-0.25, -0.2) is 0 Å². The standard InChI is InChI=1S/C15H19NO4/c17-12-19-8-6-14-10-15(20-16-14)7-9-18-11-13-4-2-1-3-5-13/h1-5,12,15H,6-11H2. The Morgan fingerprint density at radius 2 is 2.15 bits per heavy atom. The van der Waals surface area contributed by atoms with Crippen molar-refractivity contribution in [3.8, 4) is 0 Å². The first-order valence-corrected chi connectivity index (χ1v) is 6.77. The van der Waals surface area contributed by atoms with E-state index in [4.69, 9.17) is 9.57 Å². The van der Waals surface area contributed by atoms with Crippen LogP contribution in [-0.4, -0.2) is 31.5 Å². The summed E-state index contributed by atoms with van der Waals surface area (Å²) in [6.07, 6.45) is 2.32. The van der Waals surface area contributed by atoms with Gasteiger partial charge in [0, 0.05) is 19.3 Å². The molecular formula is C15H19NO4. The molecule has 1 heterocycles. The largest absolute Gasteiger partial charge is 0.467 e. The van der Waals surface area contributed by atoms with E-state index in [-0.39, 0.29) is 6.10 Å². The van der Waals surface area contributed by atoms with Gasteiger partial charge in [-0.05, 0) is 5.56 Å². The lowest BCUT2D eigenvalue weighted by atomic mass is 10.1. The van der Waals surface area contributed by atoms with Crippen LogP contribution in [-0.2, 0) is 25.7 Å². The number of ether oxygens (including phenoxy) is 2. The van der Waals surface area contributed by atoms with E-state index in [1.54, 1.807) is 0 Å². The van der Waals surface area contributed by atoms with E-state index in [2.05, 4.69) is 9.89 Å². The summed E-state index contributed by atoms with van der Waals surface area (Å²) in [7, 11) is 0. The third-order valence-electron chi connectivity index (χ3n) is 3.07. The number of oxime groups is 1.